The van der Waals surface area contributed by atoms with Gasteiger partial charge in [0, 0.05) is 0 Å². The fraction of sp³-hybridized carbons (Fsp3) is 1.00. The first-order chi connectivity index (χ1) is 7.44. The summed E-state index contributed by atoms with van der Waals surface area (Å²) in [5.74, 6) is 0. The molecule has 0 bridgehead atoms. The van der Waals surface area contributed by atoms with Gasteiger partial charge in [-0.2, -0.15) is 0 Å². The van der Waals surface area contributed by atoms with Crippen LogP contribution >= 0.6 is 7.82 Å². The maximum Gasteiger partial charge on any atom is 0.472 e. The predicted octanol–water partition coefficient (Wildman–Crippen LogP) is -0.599. The second kappa shape index (κ2) is 4.34. The van der Waals surface area contributed by atoms with Gasteiger partial charge >= 0.3 is 7.82 Å². The average molecular weight is 254 g/mol. The van der Waals surface area contributed by atoms with E-state index in [1.54, 1.807) is 0 Å². The van der Waals surface area contributed by atoms with Gasteiger partial charge in [-0.1, -0.05) is 6.92 Å². The summed E-state index contributed by atoms with van der Waals surface area (Å²) in [5.41, 5.74) is 0. The minimum Gasteiger partial charge on any atom is -0.388 e. The molecule has 0 spiro atoms. The fourth-order valence-corrected chi connectivity index (χ4v) is 2.93. The molecule has 0 aliphatic carbocycles. The lowest BCUT2D eigenvalue weighted by Crippen LogP contribution is -2.60. The van der Waals surface area contributed by atoms with Gasteiger partial charge in [-0.05, 0) is 6.42 Å². The van der Waals surface area contributed by atoms with Crippen LogP contribution in [-0.2, 0) is 18.3 Å². The van der Waals surface area contributed by atoms with E-state index >= 15 is 0 Å². The van der Waals surface area contributed by atoms with Crippen molar-refractivity contribution in [2.45, 2.75) is 43.9 Å². The Morgan fingerprint density at radius 3 is 2.69 bits per heavy atom. The predicted molar refractivity (Wildman–Crippen MR) is 51.6 cm³/mol. The molecular weight excluding hydrogens is 239 g/mol. The van der Waals surface area contributed by atoms with Crippen molar-refractivity contribution < 1.29 is 33.5 Å². The highest BCUT2D eigenvalue weighted by molar-refractivity contribution is 7.47. The number of hydrogen-bond donors (Lipinski definition) is 3. The van der Waals surface area contributed by atoms with Crippen LogP contribution in [0.3, 0.4) is 0 Å². The van der Waals surface area contributed by atoms with Gasteiger partial charge in [0.2, 0.25) is 0 Å². The number of ether oxygens (including phenoxy) is 1. The number of fused-ring (bicyclic) bond motifs is 1. The fourth-order valence-electron chi connectivity index (χ4n) is 1.97. The van der Waals surface area contributed by atoms with Crippen LogP contribution in [0.2, 0.25) is 0 Å². The third-order valence-electron chi connectivity index (χ3n) is 2.84. The highest BCUT2D eigenvalue weighted by atomic mass is 31.2. The molecule has 94 valence electrons. The molecule has 6 unspecified atom stereocenters. The second-order valence-corrected chi connectivity index (χ2v) is 5.34. The maximum absolute atomic E-state index is 11.2. The third kappa shape index (κ3) is 2.17. The zero-order valence-electron chi connectivity index (χ0n) is 8.72. The van der Waals surface area contributed by atoms with Crippen LogP contribution in [0.4, 0.5) is 0 Å². The summed E-state index contributed by atoms with van der Waals surface area (Å²) < 4.78 is 25.9. The van der Waals surface area contributed by atoms with E-state index in [1.165, 1.54) is 0 Å². The number of phosphoric acid groups is 1. The van der Waals surface area contributed by atoms with Crippen molar-refractivity contribution in [3.05, 3.63) is 0 Å². The summed E-state index contributed by atoms with van der Waals surface area (Å²) >= 11 is 0. The molecule has 2 rings (SSSR count). The van der Waals surface area contributed by atoms with Crippen LogP contribution in [0.25, 0.3) is 0 Å². The summed E-state index contributed by atoms with van der Waals surface area (Å²) in [7, 11) is -4.12. The summed E-state index contributed by atoms with van der Waals surface area (Å²) in [6, 6.07) is 0. The molecular formula is C8H15O7P. The molecule has 2 aliphatic rings. The first-order valence-corrected chi connectivity index (χ1v) is 6.61. The van der Waals surface area contributed by atoms with Gasteiger partial charge in [0.25, 0.3) is 0 Å². The Hall–Kier alpha value is -0.0100. The molecule has 0 radical (unpaired) electrons. The van der Waals surface area contributed by atoms with E-state index in [1.807, 2.05) is 6.92 Å². The van der Waals surface area contributed by atoms with E-state index in [9.17, 15) is 14.8 Å². The van der Waals surface area contributed by atoms with Gasteiger partial charge in [-0.25, -0.2) is 4.57 Å². The van der Waals surface area contributed by atoms with E-state index in [4.69, 9.17) is 14.2 Å². The van der Waals surface area contributed by atoms with Crippen molar-refractivity contribution in [3.8, 4) is 0 Å². The molecule has 8 heteroatoms. The van der Waals surface area contributed by atoms with Crippen molar-refractivity contribution >= 4 is 7.82 Å². The number of rotatable bonds is 1. The smallest absolute Gasteiger partial charge is 0.388 e. The van der Waals surface area contributed by atoms with Crippen molar-refractivity contribution in [2.75, 3.05) is 6.61 Å². The molecule has 2 saturated heterocycles. The Bertz CT molecular complexity index is 307. The first-order valence-electron chi connectivity index (χ1n) is 5.12. The zero-order chi connectivity index (χ0) is 11.9. The van der Waals surface area contributed by atoms with Crippen LogP contribution < -0.4 is 0 Å². The molecule has 0 amide bonds. The standard InChI is InChI=1S/C8H15O7P/c1-2-4-6(9)7(10)8-5(14-4)3-13-16(11,12)15-8/h4-10H,2-3H2,1H3,(H,11,12). The Morgan fingerprint density at radius 2 is 2.06 bits per heavy atom. The molecule has 2 heterocycles. The monoisotopic (exact) mass is 254 g/mol. The first kappa shape index (κ1) is 12.4. The minimum atomic E-state index is -4.12. The number of phosphoric ester groups is 1. The van der Waals surface area contributed by atoms with E-state index in [0.29, 0.717) is 6.42 Å². The highest BCUT2D eigenvalue weighted by Gasteiger charge is 2.50. The normalized spacial score (nSPS) is 53.4. The molecule has 2 aliphatic heterocycles. The van der Waals surface area contributed by atoms with Crippen LogP contribution in [0.1, 0.15) is 13.3 Å². The molecule has 0 aromatic heterocycles. The Labute approximate surface area is 92.6 Å². The van der Waals surface area contributed by atoms with E-state index in [0.717, 1.165) is 0 Å². The van der Waals surface area contributed by atoms with Gasteiger partial charge in [0.05, 0.1) is 12.7 Å². The maximum atomic E-state index is 11.2. The lowest BCUT2D eigenvalue weighted by atomic mass is 9.94. The van der Waals surface area contributed by atoms with Crippen LogP contribution in [0, 0.1) is 0 Å². The Balaban J connectivity index is 2.14. The van der Waals surface area contributed by atoms with Crippen molar-refractivity contribution in [1.29, 1.82) is 0 Å². The second-order valence-electron chi connectivity index (χ2n) is 3.94. The van der Waals surface area contributed by atoms with Crippen LogP contribution in [0.15, 0.2) is 0 Å². The number of aliphatic hydroxyl groups is 2. The molecule has 16 heavy (non-hydrogen) atoms. The zero-order valence-corrected chi connectivity index (χ0v) is 9.62. The third-order valence-corrected chi connectivity index (χ3v) is 3.83. The number of hydrogen-bond acceptors (Lipinski definition) is 6. The van der Waals surface area contributed by atoms with E-state index in [-0.39, 0.29) is 6.61 Å². The average Bonchev–Trinajstić information content (AvgIpc) is 2.23. The molecule has 0 saturated carbocycles. The summed E-state index contributed by atoms with van der Waals surface area (Å²) in [6.07, 6.45) is -4.00. The summed E-state index contributed by atoms with van der Waals surface area (Å²) in [6.45, 7) is 1.68. The topological polar surface area (TPSA) is 105 Å². The van der Waals surface area contributed by atoms with Crippen LogP contribution in [-0.4, -0.2) is 52.2 Å². The number of aliphatic hydroxyl groups excluding tert-OH is 2. The summed E-state index contributed by atoms with van der Waals surface area (Å²) in [5, 5.41) is 19.4. The molecule has 6 atom stereocenters. The Kier molecular flexibility index (Phi) is 3.38. The Morgan fingerprint density at radius 1 is 1.38 bits per heavy atom. The van der Waals surface area contributed by atoms with Gasteiger partial charge in [-0.3, -0.25) is 9.05 Å². The van der Waals surface area contributed by atoms with Crippen molar-refractivity contribution in [1.82, 2.24) is 0 Å². The van der Waals surface area contributed by atoms with Crippen molar-refractivity contribution in [3.63, 3.8) is 0 Å². The quantitative estimate of drug-likeness (QED) is 0.536. The van der Waals surface area contributed by atoms with E-state index < -0.39 is 38.3 Å². The SMILES string of the molecule is CCC1OC2COP(=O)(O)OC2C(O)C1O. The minimum absolute atomic E-state index is 0.126. The molecule has 0 aromatic carbocycles. The van der Waals surface area contributed by atoms with Gasteiger partial charge in [0.1, 0.15) is 24.4 Å². The molecule has 3 N–H and O–H groups in total. The van der Waals surface area contributed by atoms with Gasteiger partial charge < -0.3 is 19.8 Å². The van der Waals surface area contributed by atoms with Gasteiger partial charge in [-0.15, -0.1) is 0 Å². The van der Waals surface area contributed by atoms with Crippen molar-refractivity contribution in [2.24, 2.45) is 0 Å². The van der Waals surface area contributed by atoms with E-state index in [2.05, 4.69) is 4.52 Å². The highest BCUT2D eigenvalue weighted by Crippen LogP contribution is 2.50. The molecule has 7 nitrogen and oxygen atoms in total. The molecule has 2 fully saturated rings. The lowest BCUT2D eigenvalue weighted by Gasteiger charge is -2.44. The molecule has 0 aromatic rings. The lowest BCUT2D eigenvalue weighted by molar-refractivity contribution is -0.237. The summed E-state index contributed by atoms with van der Waals surface area (Å²) in [4.78, 5) is 9.10. The largest absolute Gasteiger partial charge is 0.472 e. The van der Waals surface area contributed by atoms with Gasteiger partial charge in [0.15, 0.2) is 0 Å². The van der Waals surface area contributed by atoms with Crippen LogP contribution in [0.5, 0.6) is 0 Å².